The first kappa shape index (κ1) is 14.0. The van der Waals surface area contributed by atoms with E-state index in [-0.39, 0.29) is 18.3 Å². The van der Waals surface area contributed by atoms with E-state index in [9.17, 15) is 9.18 Å². The molecule has 1 aromatic heterocycles. The predicted molar refractivity (Wildman–Crippen MR) is 81.3 cm³/mol. The van der Waals surface area contributed by atoms with Gasteiger partial charge in [0.2, 0.25) is 11.8 Å². The van der Waals surface area contributed by atoms with Crippen molar-refractivity contribution in [1.29, 1.82) is 0 Å². The molecule has 0 spiro atoms. The number of benzene rings is 2. The Morgan fingerprint density at radius 2 is 1.95 bits per heavy atom. The molecular weight excluding hydrogens is 283 g/mol. The molecule has 0 bridgehead atoms. The minimum atomic E-state index is -0.342. The Balaban J connectivity index is 1.62. The minimum Gasteiger partial charge on any atom is -0.437 e. The maximum Gasteiger partial charge on any atom is 0.244 e. The third-order valence-corrected chi connectivity index (χ3v) is 3.10. The number of oxazole rings is 1. The lowest BCUT2D eigenvalue weighted by Crippen LogP contribution is -2.20. The van der Waals surface area contributed by atoms with Crippen molar-refractivity contribution in [2.75, 3.05) is 0 Å². The molecule has 22 heavy (non-hydrogen) atoms. The van der Waals surface area contributed by atoms with E-state index < -0.39 is 0 Å². The Kier molecular flexibility index (Phi) is 3.96. The number of halogens is 1. The van der Waals surface area contributed by atoms with Crippen LogP contribution >= 0.6 is 0 Å². The molecule has 0 saturated heterocycles. The van der Waals surface area contributed by atoms with Crippen molar-refractivity contribution in [2.45, 2.75) is 6.54 Å². The highest BCUT2D eigenvalue weighted by Gasteiger charge is 2.04. The number of amides is 1. The molecule has 1 N–H and O–H groups in total. The highest BCUT2D eigenvalue weighted by Crippen LogP contribution is 2.15. The number of hydrogen-bond donors (Lipinski definition) is 1. The van der Waals surface area contributed by atoms with Crippen LogP contribution in [0.1, 0.15) is 11.5 Å². The quantitative estimate of drug-likeness (QED) is 0.752. The minimum absolute atomic E-state index is 0.128. The zero-order chi connectivity index (χ0) is 15.4. The summed E-state index contributed by atoms with van der Waals surface area (Å²) in [5.74, 6) is -0.335. The van der Waals surface area contributed by atoms with E-state index in [1.54, 1.807) is 24.3 Å². The van der Waals surface area contributed by atoms with Crippen LogP contribution in [-0.4, -0.2) is 10.9 Å². The summed E-state index contributed by atoms with van der Waals surface area (Å²) < 4.78 is 18.9. The SMILES string of the molecule is O=C(/C=C/c1nc2ccccc2o1)NCc1ccccc1F. The summed E-state index contributed by atoms with van der Waals surface area (Å²) in [4.78, 5) is 15.9. The monoisotopic (exact) mass is 296 g/mol. The van der Waals surface area contributed by atoms with Crippen LogP contribution in [0.2, 0.25) is 0 Å². The summed E-state index contributed by atoms with van der Waals surface area (Å²) in [6.45, 7) is 0.128. The lowest BCUT2D eigenvalue weighted by atomic mass is 10.2. The van der Waals surface area contributed by atoms with Gasteiger partial charge in [0.15, 0.2) is 5.58 Å². The molecular formula is C17H13FN2O2. The second kappa shape index (κ2) is 6.22. The van der Waals surface area contributed by atoms with Crippen molar-refractivity contribution in [3.05, 3.63) is 71.9 Å². The number of hydrogen-bond acceptors (Lipinski definition) is 3. The van der Waals surface area contributed by atoms with Crippen LogP contribution in [0.25, 0.3) is 17.2 Å². The molecule has 0 saturated carbocycles. The summed E-state index contributed by atoms with van der Waals surface area (Å²) in [6, 6.07) is 13.6. The van der Waals surface area contributed by atoms with E-state index in [0.717, 1.165) is 5.52 Å². The first-order chi connectivity index (χ1) is 10.7. The maximum atomic E-state index is 13.4. The zero-order valence-electron chi connectivity index (χ0n) is 11.6. The van der Waals surface area contributed by atoms with E-state index in [1.807, 2.05) is 18.2 Å². The number of rotatable bonds is 4. The van der Waals surface area contributed by atoms with E-state index in [0.29, 0.717) is 17.0 Å². The molecule has 3 aromatic rings. The third-order valence-electron chi connectivity index (χ3n) is 3.10. The molecule has 5 heteroatoms. The van der Waals surface area contributed by atoms with Crippen molar-refractivity contribution in [1.82, 2.24) is 10.3 Å². The molecule has 110 valence electrons. The molecule has 0 aliphatic carbocycles. The first-order valence-electron chi connectivity index (χ1n) is 6.77. The molecule has 0 fully saturated rings. The highest BCUT2D eigenvalue weighted by molar-refractivity contribution is 5.91. The second-order valence-corrected chi connectivity index (χ2v) is 4.66. The Bertz CT molecular complexity index is 806. The predicted octanol–water partition coefficient (Wildman–Crippen LogP) is 3.30. The van der Waals surface area contributed by atoms with E-state index >= 15 is 0 Å². The number of para-hydroxylation sites is 2. The van der Waals surface area contributed by atoms with Crippen LogP contribution in [0.3, 0.4) is 0 Å². The van der Waals surface area contributed by atoms with E-state index in [4.69, 9.17) is 4.42 Å². The van der Waals surface area contributed by atoms with Gasteiger partial charge in [0.1, 0.15) is 11.3 Å². The molecule has 0 aliphatic heterocycles. The van der Waals surface area contributed by atoms with Gasteiger partial charge in [-0.25, -0.2) is 9.37 Å². The normalized spacial score (nSPS) is 11.1. The summed E-state index contributed by atoms with van der Waals surface area (Å²) >= 11 is 0. The van der Waals surface area contributed by atoms with Crippen LogP contribution in [0, 0.1) is 5.82 Å². The molecule has 3 rings (SSSR count). The van der Waals surface area contributed by atoms with Crippen LogP contribution in [0.4, 0.5) is 4.39 Å². The number of carbonyl (C=O) groups is 1. The van der Waals surface area contributed by atoms with Crippen molar-refractivity contribution in [2.24, 2.45) is 0 Å². The number of aromatic nitrogens is 1. The molecule has 4 nitrogen and oxygen atoms in total. The fourth-order valence-corrected chi connectivity index (χ4v) is 1.99. The molecule has 0 atom stereocenters. The highest BCUT2D eigenvalue weighted by atomic mass is 19.1. The van der Waals surface area contributed by atoms with Gasteiger partial charge in [0.25, 0.3) is 0 Å². The van der Waals surface area contributed by atoms with Crippen LogP contribution < -0.4 is 5.32 Å². The number of fused-ring (bicyclic) bond motifs is 1. The maximum absolute atomic E-state index is 13.4. The Labute approximate surface area is 126 Å². The fraction of sp³-hybridized carbons (Fsp3) is 0.0588. The average molecular weight is 296 g/mol. The summed E-state index contributed by atoms with van der Waals surface area (Å²) in [5, 5.41) is 2.61. The lowest BCUT2D eigenvalue weighted by molar-refractivity contribution is -0.116. The van der Waals surface area contributed by atoms with Gasteiger partial charge in [0.05, 0.1) is 0 Å². The topological polar surface area (TPSA) is 55.1 Å². The van der Waals surface area contributed by atoms with Crippen molar-refractivity contribution >= 4 is 23.1 Å². The van der Waals surface area contributed by atoms with E-state index in [2.05, 4.69) is 10.3 Å². The summed E-state index contributed by atoms with van der Waals surface area (Å²) in [6.07, 6.45) is 2.79. The van der Waals surface area contributed by atoms with Gasteiger partial charge >= 0.3 is 0 Å². The van der Waals surface area contributed by atoms with Gasteiger partial charge in [-0.05, 0) is 18.2 Å². The molecule has 1 heterocycles. The van der Waals surface area contributed by atoms with Gasteiger partial charge in [-0.3, -0.25) is 4.79 Å². The molecule has 0 unspecified atom stereocenters. The molecule has 2 aromatic carbocycles. The Hall–Kier alpha value is -2.95. The largest absolute Gasteiger partial charge is 0.437 e. The van der Waals surface area contributed by atoms with Crippen molar-refractivity contribution in [3.8, 4) is 0 Å². The third kappa shape index (κ3) is 3.20. The Morgan fingerprint density at radius 3 is 2.77 bits per heavy atom. The van der Waals surface area contributed by atoms with Crippen LogP contribution in [0.15, 0.2) is 59.0 Å². The van der Waals surface area contributed by atoms with Gasteiger partial charge in [-0.1, -0.05) is 30.3 Å². The molecule has 1 amide bonds. The van der Waals surface area contributed by atoms with Crippen molar-refractivity contribution in [3.63, 3.8) is 0 Å². The van der Waals surface area contributed by atoms with Crippen LogP contribution in [-0.2, 0) is 11.3 Å². The lowest BCUT2D eigenvalue weighted by Gasteiger charge is -2.03. The standard InChI is InChI=1S/C17H13FN2O2/c18-13-6-2-1-5-12(13)11-19-16(21)9-10-17-20-14-7-3-4-8-15(14)22-17/h1-10H,11H2,(H,19,21)/b10-9+. The Morgan fingerprint density at radius 1 is 1.18 bits per heavy atom. The molecule has 0 radical (unpaired) electrons. The van der Waals surface area contributed by atoms with Gasteiger partial charge in [0, 0.05) is 24.3 Å². The smallest absolute Gasteiger partial charge is 0.244 e. The first-order valence-corrected chi connectivity index (χ1v) is 6.77. The van der Waals surface area contributed by atoms with E-state index in [1.165, 1.54) is 18.2 Å². The summed E-state index contributed by atoms with van der Waals surface area (Å²) in [5.41, 5.74) is 1.83. The number of carbonyl (C=O) groups excluding carboxylic acids is 1. The summed E-state index contributed by atoms with van der Waals surface area (Å²) in [7, 11) is 0. The van der Waals surface area contributed by atoms with Crippen molar-refractivity contribution < 1.29 is 13.6 Å². The molecule has 0 aliphatic rings. The zero-order valence-corrected chi connectivity index (χ0v) is 11.6. The average Bonchev–Trinajstić information content (AvgIpc) is 2.95. The fourth-order valence-electron chi connectivity index (χ4n) is 1.99. The van der Waals surface area contributed by atoms with Crippen LogP contribution in [0.5, 0.6) is 0 Å². The number of nitrogens with one attached hydrogen (secondary N) is 1. The van der Waals surface area contributed by atoms with Gasteiger partial charge < -0.3 is 9.73 Å². The number of nitrogens with zero attached hydrogens (tertiary/aromatic N) is 1. The van der Waals surface area contributed by atoms with Gasteiger partial charge in [-0.2, -0.15) is 0 Å². The van der Waals surface area contributed by atoms with Gasteiger partial charge in [-0.15, -0.1) is 0 Å². The second-order valence-electron chi connectivity index (χ2n) is 4.66.